The van der Waals surface area contributed by atoms with Crippen LogP contribution in [-0.4, -0.2) is 59.8 Å². The first-order valence-electron chi connectivity index (χ1n) is 11.8. The molecule has 0 aromatic carbocycles. The molecule has 0 aromatic rings. The smallest absolute Gasteiger partial charge is 1.00 e. The first kappa shape index (κ1) is 42.4. The van der Waals surface area contributed by atoms with E-state index in [1.54, 1.807) is 0 Å². The van der Waals surface area contributed by atoms with E-state index >= 15 is 0 Å². The van der Waals surface area contributed by atoms with E-state index in [2.05, 4.69) is 6.92 Å². The number of unbranched alkanes of at least 4 members (excludes halogenated alkanes) is 18. The molecule has 0 spiro atoms. The van der Waals surface area contributed by atoms with Crippen LogP contribution in [0, 0.1) is 0 Å². The number of hydrogen-bond donors (Lipinski definition) is 4. The summed E-state index contributed by atoms with van der Waals surface area (Å²) in [5, 5.41) is 8.56. The standard InChI is InChI=1S/C22H44O2.Mg.H3O4P.2H2O.2H/c1-2-3-4-5-6-7-8-9-10-11-12-13-14-15-16-17-18-19-20-21-22(23)24;;1-5(2,3)4;;;;/h2-21H2,1H3,(H,23,24);;(H3,1,2,3,4);2*1H2;;/q;+2;;;;2*-1. The molecule has 196 valence electrons. The van der Waals surface area contributed by atoms with E-state index in [-0.39, 0.29) is 36.9 Å². The Morgan fingerprint density at radius 3 is 0.969 bits per heavy atom. The minimum absolute atomic E-state index is 0. The van der Waals surface area contributed by atoms with Crippen LogP contribution < -0.4 is 0 Å². The molecule has 0 bridgehead atoms. The Balaban J connectivity index is -0.000000132. The van der Waals surface area contributed by atoms with Crippen molar-refractivity contribution >= 4 is 36.8 Å². The molecule has 0 fully saturated rings. The van der Waals surface area contributed by atoms with Crippen LogP contribution in [0.15, 0.2) is 0 Å². The molecule has 0 saturated carbocycles. The molecule has 8 nitrogen and oxygen atoms in total. The zero-order chi connectivity index (χ0) is 22.2. The summed E-state index contributed by atoms with van der Waals surface area (Å²) >= 11 is 0. The van der Waals surface area contributed by atoms with Crippen molar-refractivity contribution in [3.05, 3.63) is 0 Å². The molecule has 0 unspecified atom stereocenters. The molecule has 0 aliphatic heterocycles. The van der Waals surface area contributed by atoms with Crippen molar-refractivity contribution in [1.82, 2.24) is 0 Å². The Kier molecular flexibility index (Phi) is 44.3. The average molecular weight is 501 g/mol. The van der Waals surface area contributed by atoms with Crippen LogP contribution in [0.1, 0.15) is 138 Å². The van der Waals surface area contributed by atoms with Crippen LogP contribution in [0.3, 0.4) is 0 Å². The maximum absolute atomic E-state index is 10.4. The van der Waals surface area contributed by atoms with Crippen LogP contribution >= 0.6 is 7.82 Å². The van der Waals surface area contributed by atoms with E-state index in [0.717, 1.165) is 12.8 Å². The van der Waals surface area contributed by atoms with Crippen LogP contribution in [-0.2, 0) is 9.36 Å². The normalized spacial score (nSPS) is 10.1. The van der Waals surface area contributed by atoms with Gasteiger partial charge in [-0.15, -0.1) is 0 Å². The predicted octanol–water partition coefficient (Wildman–Crippen LogP) is 5.16. The topological polar surface area (TPSA) is 178 Å². The van der Waals surface area contributed by atoms with Crippen molar-refractivity contribution in [2.45, 2.75) is 135 Å². The largest absolute Gasteiger partial charge is 2.00 e. The summed E-state index contributed by atoms with van der Waals surface area (Å²) in [6.45, 7) is 2.28. The zero-order valence-corrected chi connectivity index (χ0v) is 22.7. The molecule has 0 saturated heterocycles. The molecule has 0 aliphatic rings. The van der Waals surface area contributed by atoms with Gasteiger partial charge in [0.05, 0.1) is 0 Å². The summed E-state index contributed by atoms with van der Waals surface area (Å²) in [6.07, 6.45) is 26.1. The Hall–Kier alpha value is 0.266. The summed E-state index contributed by atoms with van der Waals surface area (Å²) in [6, 6.07) is 0. The predicted molar refractivity (Wildman–Crippen MR) is 135 cm³/mol. The van der Waals surface area contributed by atoms with Crippen LogP contribution in [0.4, 0.5) is 0 Å². The van der Waals surface area contributed by atoms with E-state index in [1.165, 1.54) is 109 Å². The van der Waals surface area contributed by atoms with E-state index in [0.29, 0.717) is 6.42 Å². The van der Waals surface area contributed by atoms with Crippen molar-refractivity contribution in [2.75, 3.05) is 0 Å². The minimum atomic E-state index is -4.64. The molecule has 10 heteroatoms. The summed E-state index contributed by atoms with van der Waals surface area (Å²) in [5.74, 6) is -0.651. The molecule has 0 aliphatic carbocycles. The Morgan fingerprint density at radius 1 is 0.594 bits per heavy atom. The molecule has 0 atom stereocenters. The molecule has 0 aromatic heterocycles. The fourth-order valence-corrected chi connectivity index (χ4v) is 3.35. The third kappa shape index (κ3) is 57.3. The maximum Gasteiger partial charge on any atom is 2.00 e. The van der Waals surface area contributed by atoms with Crippen molar-refractivity contribution < 1.29 is 43.0 Å². The number of aliphatic carboxylic acids is 1. The minimum Gasteiger partial charge on any atom is -1.00 e. The van der Waals surface area contributed by atoms with Gasteiger partial charge >= 0.3 is 36.8 Å². The third-order valence-electron chi connectivity index (χ3n) is 4.99. The van der Waals surface area contributed by atoms with Gasteiger partial charge in [-0.1, -0.05) is 122 Å². The van der Waals surface area contributed by atoms with Gasteiger partial charge in [0.1, 0.15) is 0 Å². The Labute approximate surface area is 214 Å². The summed E-state index contributed by atoms with van der Waals surface area (Å²) < 4.78 is 8.88. The van der Waals surface area contributed by atoms with Gasteiger partial charge < -0.3 is 33.6 Å². The Bertz CT molecular complexity index is 397. The monoisotopic (exact) mass is 500 g/mol. The van der Waals surface area contributed by atoms with Crippen LogP contribution in [0.5, 0.6) is 0 Å². The fraction of sp³-hybridized carbons (Fsp3) is 0.955. The summed E-state index contributed by atoms with van der Waals surface area (Å²) in [7, 11) is -4.64. The first-order chi connectivity index (χ1) is 13.8. The van der Waals surface area contributed by atoms with Gasteiger partial charge in [-0.05, 0) is 6.42 Å². The summed E-state index contributed by atoms with van der Waals surface area (Å²) in [4.78, 5) is 31.9. The second kappa shape index (κ2) is 33.4. The maximum atomic E-state index is 10.4. The Morgan fingerprint density at radius 2 is 0.781 bits per heavy atom. The van der Waals surface area contributed by atoms with Crippen LogP contribution in [0.25, 0.3) is 0 Å². The van der Waals surface area contributed by atoms with E-state index in [4.69, 9.17) is 24.4 Å². The van der Waals surface area contributed by atoms with E-state index in [9.17, 15) is 4.79 Å². The van der Waals surface area contributed by atoms with Gasteiger partial charge in [0.25, 0.3) is 0 Å². The van der Waals surface area contributed by atoms with Gasteiger partial charge in [-0.3, -0.25) is 4.79 Å². The average Bonchev–Trinajstić information content (AvgIpc) is 2.62. The van der Waals surface area contributed by atoms with Gasteiger partial charge in [0.2, 0.25) is 0 Å². The molecular weight excluding hydrogens is 448 g/mol. The summed E-state index contributed by atoms with van der Waals surface area (Å²) in [5.41, 5.74) is 0. The number of phosphoric acid groups is 1. The van der Waals surface area contributed by atoms with Crippen molar-refractivity contribution in [3.63, 3.8) is 0 Å². The van der Waals surface area contributed by atoms with E-state index in [1.807, 2.05) is 0 Å². The second-order valence-electron chi connectivity index (χ2n) is 8.02. The van der Waals surface area contributed by atoms with Crippen LogP contribution in [0.2, 0.25) is 0 Å². The molecular formula is C22H53MgO8P. The first-order valence-corrected chi connectivity index (χ1v) is 13.3. The quantitative estimate of drug-likeness (QED) is 0.102. The van der Waals surface area contributed by atoms with Gasteiger partial charge in [-0.2, -0.15) is 0 Å². The number of hydrogen-bond acceptors (Lipinski definition) is 2. The molecule has 0 rings (SSSR count). The molecule has 0 radical (unpaired) electrons. The second-order valence-corrected chi connectivity index (χ2v) is 9.05. The van der Waals surface area contributed by atoms with Gasteiger partial charge in [-0.25, -0.2) is 4.57 Å². The number of carboxylic acid groups (broad SMARTS) is 1. The zero-order valence-electron chi connectivity index (χ0n) is 22.4. The third-order valence-corrected chi connectivity index (χ3v) is 4.99. The van der Waals surface area contributed by atoms with Gasteiger partial charge in [0, 0.05) is 6.42 Å². The molecule has 0 heterocycles. The number of carboxylic acids is 1. The SMILES string of the molecule is CCCCCCCCCCCCCCCCCCCCCC(=O)O.O.O.O=P(O)(O)O.[H-].[H-].[Mg+2]. The number of carbonyl (C=O) groups is 1. The molecule has 0 amide bonds. The van der Waals surface area contributed by atoms with Crippen molar-refractivity contribution in [3.8, 4) is 0 Å². The molecule has 32 heavy (non-hydrogen) atoms. The van der Waals surface area contributed by atoms with Crippen molar-refractivity contribution in [2.24, 2.45) is 0 Å². The van der Waals surface area contributed by atoms with E-state index < -0.39 is 13.8 Å². The number of rotatable bonds is 20. The fourth-order valence-electron chi connectivity index (χ4n) is 3.35. The molecule has 8 N–H and O–H groups in total. The van der Waals surface area contributed by atoms with Crippen molar-refractivity contribution in [1.29, 1.82) is 0 Å². The van der Waals surface area contributed by atoms with Gasteiger partial charge in [0.15, 0.2) is 0 Å².